The van der Waals surface area contributed by atoms with Crippen LogP contribution < -0.4 is 20.1 Å². The Hall–Kier alpha value is -3.35. The second-order valence-electron chi connectivity index (χ2n) is 4.88. The van der Waals surface area contributed by atoms with E-state index in [1.54, 1.807) is 20.4 Å². The first kappa shape index (κ1) is 15.5. The maximum atomic E-state index is 5.20. The zero-order valence-corrected chi connectivity index (χ0v) is 13.4. The first-order chi connectivity index (χ1) is 11.8. The molecular weight excluding hydrogens is 306 g/mol. The molecule has 0 aliphatic heterocycles. The van der Waals surface area contributed by atoms with Gasteiger partial charge in [0.25, 0.3) is 0 Å². The molecule has 2 N–H and O–H groups in total. The van der Waals surface area contributed by atoms with E-state index in [0.717, 1.165) is 22.9 Å². The van der Waals surface area contributed by atoms with Crippen molar-refractivity contribution >= 4 is 23.1 Å². The van der Waals surface area contributed by atoms with Crippen molar-refractivity contribution in [2.75, 3.05) is 24.9 Å². The molecule has 3 rings (SSSR count). The highest BCUT2D eigenvalue weighted by Gasteiger charge is 2.03. The largest absolute Gasteiger partial charge is 0.497 e. The van der Waals surface area contributed by atoms with Crippen LogP contribution in [0.15, 0.2) is 54.7 Å². The van der Waals surface area contributed by atoms with Crippen LogP contribution in [0.1, 0.15) is 0 Å². The van der Waals surface area contributed by atoms with Crippen LogP contribution in [0.3, 0.4) is 0 Å². The number of nitrogens with zero attached hydrogens (tertiary/aromatic N) is 3. The fraction of sp³-hybridized carbons (Fsp3) is 0.118. The first-order valence-corrected chi connectivity index (χ1v) is 7.29. The zero-order valence-electron chi connectivity index (χ0n) is 13.4. The van der Waals surface area contributed by atoms with Gasteiger partial charge in [0.05, 0.1) is 20.4 Å². The molecule has 2 aromatic carbocycles. The minimum Gasteiger partial charge on any atom is -0.497 e. The minimum atomic E-state index is 0.396. The lowest BCUT2D eigenvalue weighted by molar-refractivity contribution is 0.415. The van der Waals surface area contributed by atoms with Gasteiger partial charge in [-0.15, -0.1) is 5.10 Å². The Balaban J connectivity index is 1.73. The molecule has 1 heterocycles. The molecule has 1 aromatic heterocycles. The standard InChI is InChI=1S/C17H17N5O2/c1-23-14-8-6-12(7-9-14)20-17-21-16(11-18-22-17)19-13-4-3-5-15(10-13)24-2/h3-11H,1-2H3,(H2,19,20,21,22). The van der Waals surface area contributed by atoms with E-state index in [9.17, 15) is 0 Å². The fourth-order valence-electron chi connectivity index (χ4n) is 2.07. The molecule has 0 unspecified atom stereocenters. The van der Waals surface area contributed by atoms with Crippen molar-refractivity contribution in [1.82, 2.24) is 15.2 Å². The molecule has 0 atom stereocenters. The predicted molar refractivity (Wildman–Crippen MR) is 92.4 cm³/mol. The number of anilines is 4. The Morgan fingerprint density at radius 2 is 1.62 bits per heavy atom. The van der Waals surface area contributed by atoms with Crippen molar-refractivity contribution < 1.29 is 9.47 Å². The lowest BCUT2D eigenvalue weighted by Crippen LogP contribution is -2.02. The van der Waals surface area contributed by atoms with Gasteiger partial charge in [0.2, 0.25) is 5.95 Å². The molecule has 122 valence electrons. The predicted octanol–water partition coefficient (Wildman–Crippen LogP) is 3.38. The molecule has 7 nitrogen and oxygen atoms in total. The molecule has 0 saturated carbocycles. The molecule has 0 amide bonds. The Bertz CT molecular complexity index is 808. The highest BCUT2D eigenvalue weighted by atomic mass is 16.5. The summed E-state index contributed by atoms with van der Waals surface area (Å²) >= 11 is 0. The molecule has 0 saturated heterocycles. The quantitative estimate of drug-likeness (QED) is 0.719. The average molecular weight is 323 g/mol. The molecule has 7 heteroatoms. The monoisotopic (exact) mass is 323 g/mol. The van der Waals surface area contributed by atoms with E-state index in [4.69, 9.17) is 9.47 Å². The van der Waals surface area contributed by atoms with Gasteiger partial charge in [-0.05, 0) is 36.4 Å². The molecule has 0 aliphatic carbocycles. The summed E-state index contributed by atoms with van der Waals surface area (Å²) in [5.74, 6) is 2.52. The van der Waals surface area contributed by atoms with Gasteiger partial charge in [-0.2, -0.15) is 10.1 Å². The SMILES string of the molecule is COc1ccc(Nc2nncc(Nc3cccc(OC)c3)n2)cc1. The first-order valence-electron chi connectivity index (χ1n) is 7.29. The Morgan fingerprint density at radius 1 is 0.833 bits per heavy atom. The number of nitrogens with one attached hydrogen (secondary N) is 2. The molecule has 0 spiro atoms. The number of ether oxygens (including phenoxy) is 2. The second kappa shape index (κ2) is 7.28. The zero-order chi connectivity index (χ0) is 16.8. The van der Waals surface area contributed by atoms with Gasteiger partial charge < -0.3 is 20.1 Å². The highest BCUT2D eigenvalue weighted by Crippen LogP contribution is 2.21. The number of benzene rings is 2. The normalized spacial score (nSPS) is 10.1. The Morgan fingerprint density at radius 3 is 2.38 bits per heavy atom. The summed E-state index contributed by atoms with van der Waals surface area (Å²) in [7, 11) is 3.26. The fourth-order valence-corrected chi connectivity index (χ4v) is 2.07. The van der Waals surface area contributed by atoms with Gasteiger partial charge in [0, 0.05) is 17.4 Å². The summed E-state index contributed by atoms with van der Waals surface area (Å²) in [5, 5.41) is 14.2. The topological polar surface area (TPSA) is 81.2 Å². The van der Waals surface area contributed by atoms with Crippen LogP contribution >= 0.6 is 0 Å². The van der Waals surface area contributed by atoms with Crippen LogP contribution in [-0.4, -0.2) is 29.4 Å². The summed E-state index contributed by atoms with van der Waals surface area (Å²) in [6.07, 6.45) is 1.55. The van der Waals surface area contributed by atoms with E-state index in [2.05, 4.69) is 25.8 Å². The summed E-state index contributed by atoms with van der Waals surface area (Å²) < 4.78 is 10.3. The van der Waals surface area contributed by atoms with Gasteiger partial charge in [0.15, 0.2) is 5.82 Å². The number of hydrogen-bond donors (Lipinski definition) is 2. The van der Waals surface area contributed by atoms with E-state index < -0.39 is 0 Å². The number of aromatic nitrogens is 3. The van der Waals surface area contributed by atoms with Crippen molar-refractivity contribution in [3.8, 4) is 11.5 Å². The van der Waals surface area contributed by atoms with E-state index in [1.807, 2.05) is 48.5 Å². The van der Waals surface area contributed by atoms with Crippen molar-refractivity contribution in [3.63, 3.8) is 0 Å². The van der Waals surface area contributed by atoms with E-state index in [0.29, 0.717) is 11.8 Å². The van der Waals surface area contributed by atoms with Crippen molar-refractivity contribution in [2.24, 2.45) is 0 Å². The smallest absolute Gasteiger partial charge is 0.249 e. The molecule has 0 bridgehead atoms. The number of methoxy groups -OCH3 is 2. The molecule has 24 heavy (non-hydrogen) atoms. The van der Waals surface area contributed by atoms with Gasteiger partial charge in [-0.3, -0.25) is 0 Å². The third-order valence-corrected chi connectivity index (χ3v) is 3.25. The summed E-state index contributed by atoms with van der Waals surface area (Å²) in [4.78, 5) is 4.39. The summed E-state index contributed by atoms with van der Waals surface area (Å²) in [5.41, 5.74) is 1.70. The molecule has 0 radical (unpaired) electrons. The van der Waals surface area contributed by atoms with Crippen molar-refractivity contribution in [1.29, 1.82) is 0 Å². The van der Waals surface area contributed by atoms with Crippen LogP contribution in [0.2, 0.25) is 0 Å². The van der Waals surface area contributed by atoms with Crippen LogP contribution in [0.25, 0.3) is 0 Å². The number of rotatable bonds is 6. The maximum Gasteiger partial charge on any atom is 0.249 e. The van der Waals surface area contributed by atoms with E-state index in [1.165, 1.54) is 0 Å². The maximum absolute atomic E-state index is 5.20. The van der Waals surface area contributed by atoms with Gasteiger partial charge in [-0.25, -0.2) is 0 Å². The van der Waals surface area contributed by atoms with Gasteiger partial charge in [-0.1, -0.05) is 6.07 Å². The lowest BCUT2D eigenvalue weighted by Gasteiger charge is -2.09. The van der Waals surface area contributed by atoms with Crippen LogP contribution in [-0.2, 0) is 0 Å². The molecule has 0 fully saturated rings. The molecule has 0 aliphatic rings. The summed E-state index contributed by atoms with van der Waals surface area (Å²) in [6.45, 7) is 0. The van der Waals surface area contributed by atoms with Gasteiger partial charge in [0.1, 0.15) is 11.5 Å². The summed E-state index contributed by atoms with van der Waals surface area (Å²) in [6, 6.07) is 15.0. The van der Waals surface area contributed by atoms with Crippen molar-refractivity contribution in [2.45, 2.75) is 0 Å². The Kier molecular flexibility index (Phi) is 4.71. The third-order valence-electron chi connectivity index (χ3n) is 3.25. The van der Waals surface area contributed by atoms with Crippen LogP contribution in [0.5, 0.6) is 11.5 Å². The Labute approximate surface area is 139 Å². The number of hydrogen-bond acceptors (Lipinski definition) is 7. The minimum absolute atomic E-state index is 0.396. The second-order valence-corrected chi connectivity index (χ2v) is 4.88. The average Bonchev–Trinajstić information content (AvgIpc) is 2.63. The van der Waals surface area contributed by atoms with Crippen LogP contribution in [0.4, 0.5) is 23.1 Å². The van der Waals surface area contributed by atoms with E-state index in [-0.39, 0.29) is 0 Å². The van der Waals surface area contributed by atoms with Crippen molar-refractivity contribution in [3.05, 3.63) is 54.7 Å². The highest BCUT2D eigenvalue weighted by molar-refractivity contribution is 5.60. The third kappa shape index (κ3) is 3.89. The van der Waals surface area contributed by atoms with Gasteiger partial charge >= 0.3 is 0 Å². The van der Waals surface area contributed by atoms with Crippen LogP contribution in [0, 0.1) is 0 Å². The molecule has 3 aromatic rings. The van der Waals surface area contributed by atoms with E-state index >= 15 is 0 Å². The lowest BCUT2D eigenvalue weighted by atomic mass is 10.3. The molecular formula is C17H17N5O2.